The van der Waals surface area contributed by atoms with Gasteiger partial charge in [0.05, 0.1) is 24.9 Å². The molecule has 0 aromatic heterocycles. The van der Waals surface area contributed by atoms with Gasteiger partial charge in [-0.15, -0.1) is 4.40 Å². The van der Waals surface area contributed by atoms with E-state index >= 15 is 0 Å². The Morgan fingerprint density at radius 3 is 2.92 bits per heavy atom. The summed E-state index contributed by atoms with van der Waals surface area (Å²) in [5.74, 6) is 0.443. The van der Waals surface area contributed by atoms with Crippen molar-refractivity contribution in [3.8, 4) is 0 Å². The number of amidine groups is 1. The van der Waals surface area contributed by atoms with Crippen LogP contribution in [0, 0.1) is 0 Å². The van der Waals surface area contributed by atoms with Crippen molar-refractivity contribution in [1.29, 1.82) is 0 Å². The van der Waals surface area contributed by atoms with E-state index in [2.05, 4.69) is 30.5 Å². The van der Waals surface area contributed by atoms with Gasteiger partial charge in [-0.25, -0.2) is 0 Å². The number of ether oxygens (including phenoxy) is 1. The average molecular weight is 436 g/mol. The van der Waals surface area contributed by atoms with Gasteiger partial charge in [0.15, 0.2) is 0 Å². The SMILES string of the molecule is O=S1(=O)N=C(CN2CCOC(c3cccc(Br)c3)C2)Nc2ccccc21. The van der Waals surface area contributed by atoms with Crippen LogP contribution in [0.25, 0.3) is 0 Å². The molecule has 1 saturated heterocycles. The molecule has 0 radical (unpaired) electrons. The van der Waals surface area contributed by atoms with Gasteiger partial charge in [0.25, 0.3) is 10.0 Å². The van der Waals surface area contributed by atoms with E-state index in [-0.39, 0.29) is 11.0 Å². The molecule has 8 heteroatoms. The number of para-hydroxylation sites is 1. The van der Waals surface area contributed by atoms with Crippen molar-refractivity contribution in [2.75, 3.05) is 31.6 Å². The smallest absolute Gasteiger partial charge is 0.286 e. The van der Waals surface area contributed by atoms with Gasteiger partial charge in [0.2, 0.25) is 0 Å². The van der Waals surface area contributed by atoms with Crippen molar-refractivity contribution < 1.29 is 13.2 Å². The Kier molecular flexibility index (Phi) is 4.83. The van der Waals surface area contributed by atoms with Crippen molar-refractivity contribution in [3.63, 3.8) is 0 Å². The molecule has 4 rings (SSSR count). The highest BCUT2D eigenvalue weighted by Crippen LogP contribution is 2.28. The number of fused-ring (bicyclic) bond motifs is 1. The highest BCUT2D eigenvalue weighted by molar-refractivity contribution is 9.10. The predicted octanol–water partition coefficient (Wildman–Crippen LogP) is 3.04. The summed E-state index contributed by atoms with van der Waals surface area (Å²) in [6.07, 6.45) is -0.0469. The summed E-state index contributed by atoms with van der Waals surface area (Å²) in [5.41, 5.74) is 1.68. The molecule has 2 aromatic rings. The molecule has 1 N–H and O–H groups in total. The van der Waals surface area contributed by atoms with Crippen LogP contribution < -0.4 is 5.32 Å². The van der Waals surface area contributed by atoms with Crippen LogP contribution >= 0.6 is 15.9 Å². The molecule has 0 saturated carbocycles. The summed E-state index contributed by atoms with van der Waals surface area (Å²) in [7, 11) is -3.65. The molecule has 136 valence electrons. The zero-order valence-electron chi connectivity index (χ0n) is 13.9. The number of halogens is 1. The molecule has 1 fully saturated rings. The molecule has 1 unspecified atom stereocenters. The van der Waals surface area contributed by atoms with Crippen molar-refractivity contribution in [2.24, 2.45) is 4.40 Å². The number of morpholine rings is 1. The lowest BCUT2D eigenvalue weighted by Crippen LogP contribution is -2.43. The fourth-order valence-corrected chi connectivity index (χ4v) is 4.76. The van der Waals surface area contributed by atoms with E-state index in [1.54, 1.807) is 18.2 Å². The highest BCUT2D eigenvalue weighted by atomic mass is 79.9. The molecule has 2 aliphatic rings. The van der Waals surface area contributed by atoms with Crippen LogP contribution in [0.15, 0.2) is 62.3 Å². The third-order valence-corrected chi connectivity index (χ3v) is 6.28. The van der Waals surface area contributed by atoms with Crippen LogP contribution in [0.3, 0.4) is 0 Å². The molecule has 2 aromatic carbocycles. The fraction of sp³-hybridized carbons (Fsp3) is 0.278. The minimum Gasteiger partial charge on any atom is -0.371 e. The van der Waals surface area contributed by atoms with Crippen LogP contribution in [0.5, 0.6) is 0 Å². The average Bonchev–Trinajstić information content (AvgIpc) is 2.61. The predicted molar refractivity (Wildman–Crippen MR) is 104 cm³/mol. The first-order valence-electron chi connectivity index (χ1n) is 8.30. The van der Waals surface area contributed by atoms with Crippen molar-refractivity contribution in [2.45, 2.75) is 11.0 Å². The molecule has 26 heavy (non-hydrogen) atoms. The Morgan fingerprint density at radius 2 is 2.08 bits per heavy atom. The van der Waals surface area contributed by atoms with Crippen molar-refractivity contribution in [1.82, 2.24) is 4.90 Å². The molecule has 0 aliphatic carbocycles. The number of nitrogens with zero attached hydrogens (tertiary/aromatic N) is 2. The third kappa shape index (κ3) is 3.68. The first-order valence-corrected chi connectivity index (χ1v) is 10.5. The van der Waals surface area contributed by atoms with E-state index < -0.39 is 10.0 Å². The zero-order chi connectivity index (χ0) is 18.1. The Bertz CT molecular complexity index is 962. The number of hydrogen-bond acceptors (Lipinski definition) is 5. The number of benzene rings is 2. The standard InChI is InChI=1S/C18H18BrN3O3S/c19-14-5-3-4-13(10-14)16-11-22(8-9-25-16)12-18-20-15-6-1-2-7-17(15)26(23,24)21-18/h1-7,10,16H,8-9,11-12H2,(H,20,21). The molecular formula is C18H18BrN3O3S. The molecule has 0 spiro atoms. The lowest BCUT2D eigenvalue weighted by Gasteiger charge is -2.34. The molecule has 0 amide bonds. The Balaban J connectivity index is 1.50. The Hall–Kier alpha value is -1.74. The largest absolute Gasteiger partial charge is 0.371 e. The van der Waals surface area contributed by atoms with E-state index in [1.165, 1.54) is 0 Å². The van der Waals surface area contributed by atoms with Gasteiger partial charge in [-0.3, -0.25) is 4.90 Å². The number of anilines is 1. The summed E-state index contributed by atoms with van der Waals surface area (Å²) in [4.78, 5) is 2.38. The number of nitrogens with one attached hydrogen (secondary N) is 1. The molecular weight excluding hydrogens is 418 g/mol. The molecule has 1 atom stereocenters. The number of hydrogen-bond donors (Lipinski definition) is 1. The summed E-state index contributed by atoms with van der Waals surface area (Å²) < 4.78 is 35.6. The van der Waals surface area contributed by atoms with Gasteiger partial charge in [-0.05, 0) is 29.8 Å². The van der Waals surface area contributed by atoms with Crippen LogP contribution in [-0.2, 0) is 14.8 Å². The van der Waals surface area contributed by atoms with Crippen LogP contribution in [-0.4, -0.2) is 45.4 Å². The molecule has 6 nitrogen and oxygen atoms in total. The Labute approximate surface area is 161 Å². The minimum absolute atomic E-state index is 0.0469. The molecule has 2 aliphatic heterocycles. The second-order valence-electron chi connectivity index (χ2n) is 6.28. The van der Waals surface area contributed by atoms with E-state index in [4.69, 9.17) is 4.74 Å². The van der Waals surface area contributed by atoms with E-state index in [0.717, 1.165) is 16.6 Å². The first-order chi connectivity index (χ1) is 12.5. The van der Waals surface area contributed by atoms with Gasteiger partial charge >= 0.3 is 0 Å². The summed E-state index contributed by atoms with van der Waals surface area (Å²) in [5, 5.41) is 3.14. The summed E-state index contributed by atoms with van der Waals surface area (Å²) in [6.45, 7) is 2.43. The second-order valence-corrected chi connectivity index (χ2v) is 8.77. The van der Waals surface area contributed by atoms with Crippen molar-refractivity contribution in [3.05, 3.63) is 58.6 Å². The van der Waals surface area contributed by atoms with Crippen LogP contribution in [0.2, 0.25) is 0 Å². The van der Waals surface area contributed by atoms with Gasteiger partial charge in [0.1, 0.15) is 10.7 Å². The first kappa shape index (κ1) is 17.7. The quantitative estimate of drug-likeness (QED) is 0.801. The lowest BCUT2D eigenvalue weighted by atomic mass is 10.1. The fourth-order valence-electron chi connectivity index (χ4n) is 3.20. The summed E-state index contributed by atoms with van der Waals surface area (Å²) in [6, 6.07) is 14.9. The van der Waals surface area contributed by atoms with Gasteiger partial charge in [-0.1, -0.05) is 40.2 Å². The summed E-state index contributed by atoms with van der Waals surface area (Å²) >= 11 is 3.49. The molecule has 2 heterocycles. The Morgan fingerprint density at radius 1 is 1.23 bits per heavy atom. The van der Waals surface area contributed by atoms with Crippen LogP contribution in [0.1, 0.15) is 11.7 Å². The monoisotopic (exact) mass is 435 g/mol. The van der Waals surface area contributed by atoms with Crippen LogP contribution in [0.4, 0.5) is 5.69 Å². The number of rotatable bonds is 3. The maximum absolute atomic E-state index is 12.4. The number of sulfonamides is 1. The van der Waals surface area contributed by atoms with E-state index in [1.807, 2.05) is 30.3 Å². The highest BCUT2D eigenvalue weighted by Gasteiger charge is 2.28. The van der Waals surface area contributed by atoms with E-state index in [9.17, 15) is 8.42 Å². The second kappa shape index (κ2) is 7.11. The normalized spacial score (nSPS) is 22.2. The van der Waals surface area contributed by atoms with E-state index in [0.29, 0.717) is 31.2 Å². The lowest BCUT2D eigenvalue weighted by molar-refractivity contribution is -0.0246. The minimum atomic E-state index is -3.65. The topological polar surface area (TPSA) is 71.0 Å². The van der Waals surface area contributed by atoms with Crippen molar-refractivity contribution >= 4 is 37.5 Å². The third-order valence-electron chi connectivity index (χ3n) is 4.42. The molecule has 0 bridgehead atoms. The maximum atomic E-state index is 12.4. The van der Waals surface area contributed by atoms with Gasteiger partial charge < -0.3 is 10.1 Å². The maximum Gasteiger partial charge on any atom is 0.286 e. The van der Waals surface area contributed by atoms with Gasteiger partial charge in [-0.2, -0.15) is 8.42 Å². The zero-order valence-corrected chi connectivity index (χ0v) is 16.3. The van der Waals surface area contributed by atoms with Gasteiger partial charge in [0, 0.05) is 17.6 Å².